The molecule has 28 heavy (non-hydrogen) atoms. The molecule has 3 heterocycles. The Hall–Kier alpha value is -1.95. The smallest absolute Gasteiger partial charge is 0.118 e. The molecule has 5 nitrogen and oxygen atoms in total. The number of ether oxygens (including phenoxy) is 2. The number of benzene rings is 1. The van der Waals surface area contributed by atoms with E-state index in [2.05, 4.69) is 46.1 Å². The van der Waals surface area contributed by atoms with E-state index in [-0.39, 0.29) is 5.60 Å². The molecule has 0 unspecified atom stereocenters. The molecule has 0 radical (unpaired) electrons. The molecule has 0 bridgehead atoms. The lowest BCUT2D eigenvalue weighted by atomic mass is 9.87. The predicted molar refractivity (Wildman–Crippen MR) is 110 cm³/mol. The molecule has 1 aromatic carbocycles. The van der Waals surface area contributed by atoms with Crippen molar-refractivity contribution in [3.63, 3.8) is 0 Å². The molecule has 4 rings (SSSR count). The molecule has 150 valence electrons. The van der Waals surface area contributed by atoms with E-state index >= 15 is 0 Å². The van der Waals surface area contributed by atoms with Crippen LogP contribution in [0.2, 0.25) is 0 Å². The van der Waals surface area contributed by atoms with Crippen molar-refractivity contribution in [1.29, 1.82) is 0 Å². The Morgan fingerprint density at radius 2 is 1.82 bits per heavy atom. The average molecular weight is 382 g/mol. The highest BCUT2D eigenvalue weighted by Gasteiger charge is 2.43. The topological polar surface area (TPSA) is 37.8 Å². The molecule has 2 saturated heterocycles. The molecule has 0 N–H and O–H groups in total. The molecule has 0 aliphatic carbocycles. The summed E-state index contributed by atoms with van der Waals surface area (Å²) in [5, 5.41) is 0. The fourth-order valence-corrected chi connectivity index (χ4v) is 4.46. The summed E-state index contributed by atoms with van der Waals surface area (Å²) >= 11 is 0. The van der Waals surface area contributed by atoms with Gasteiger partial charge in [0.25, 0.3) is 0 Å². The molecule has 1 spiro atoms. The number of likely N-dealkylation sites (tertiary alicyclic amines) is 1. The number of piperidine rings is 1. The second-order valence-electron chi connectivity index (χ2n) is 8.25. The summed E-state index contributed by atoms with van der Waals surface area (Å²) in [7, 11) is 3.93. The van der Waals surface area contributed by atoms with Crippen LogP contribution >= 0.6 is 0 Å². The lowest BCUT2D eigenvalue weighted by Gasteiger charge is -2.39. The Morgan fingerprint density at radius 3 is 2.50 bits per heavy atom. The van der Waals surface area contributed by atoms with Crippen LogP contribution in [0.15, 0.2) is 48.8 Å². The van der Waals surface area contributed by atoms with Crippen LogP contribution in [-0.2, 0) is 17.8 Å². The Kier molecular flexibility index (Phi) is 5.95. The van der Waals surface area contributed by atoms with Gasteiger partial charge in [0.05, 0.1) is 19.3 Å². The van der Waals surface area contributed by atoms with Crippen molar-refractivity contribution in [3.8, 4) is 5.75 Å². The largest absolute Gasteiger partial charge is 0.497 e. The third-order valence-corrected chi connectivity index (χ3v) is 6.33. The molecule has 1 atom stereocenters. The van der Waals surface area contributed by atoms with Crippen LogP contribution in [0.5, 0.6) is 5.75 Å². The first-order chi connectivity index (χ1) is 13.7. The molecular weight excluding hydrogens is 350 g/mol. The summed E-state index contributed by atoms with van der Waals surface area (Å²) in [6.45, 7) is 5.02. The fourth-order valence-electron chi connectivity index (χ4n) is 4.46. The van der Waals surface area contributed by atoms with Gasteiger partial charge in [0.2, 0.25) is 0 Å². The normalized spacial score (nSPS) is 22.0. The van der Waals surface area contributed by atoms with Gasteiger partial charge in [-0.3, -0.25) is 14.8 Å². The Bertz CT molecular complexity index is 742. The molecule has 2 aromatic rings. The molecular formula is C23H31N3O2. The predicted octanol–water partition coefficient (Wildman–Crippen LogP) is 3.35. The molecule has 2 aliphatic rings. The summed E-state index contributed by atoms with van der Waals surface area (Å²) in [6.07, 6.45) is 7.14. The highest BCUT2D eigenvalue weighted by molar-refractivity contribution is 5.27. The number of rotatable bonds is 6. The van der Waals surface area contributed by atoms with Crippen molar-refractivity contribution in [1.82, 2.24) is 14.8 Å². The lowest BCUT2D eigenvalue weighted by Crippen LogP contribution is -2.44. The van der Waals surface area contributed by atoms with Crippen LogP contribution in [0.25, 0.3) is 0 Å². The van der Waals surface area contributed by atoms with Gasteiger partial charge in [-0.15, -0.1) is 0 Å². The first-order valence-electron chi connectivity index (χ1n) is 10.2. The summed E-state index contributed by atoms with van der Waals surface area (Å²) < 4.78 is 11.6. The zero-order valence-electron chi connectivity index (χ0n) is 17.0. The van der Waals surface area contributed by atoms with Gasteiger partial charge < -0.3 is 9.47 Å². The minimum Gasteiger partial charge on any atom is -0.497 e. The highest BCUT2D eigenvalue weighted by atomic mass is 16.5. The molecule has 5 heteroatoms. The number of hydrogen-bond donors (Lipinski definition) is 0. The average Bonchev–Trinajstić information content (AvgIpc) is 3.15. The molecule has 2 aliphatic heterocycles. The van der Waals surface area contributed by atoms with Gasteiger partial charge in [0.1, 0.15) is 5.75 Å². The number of hydrogen-bond acceptors (Lipinski definition) is 5. The highest BCUT2D eigenvalue weighted by Crippen LogP contribution is 2.38. The number of methoxy groups -OCH3 is 1. The number of aromatic nitrogens is 1. The van der Waals surface area contributed by atoms with Crippen LogP contribution < -0.4 is 4.74 Å². The van der Waals surface area contributed by atoms with E-state index in [1.165, 1.54) is 11.1 Å². The third-order valence-electron chi connectivity index (χ3n) is 6.33. The molecule has 1 aromatic heterocycles. The first kappa shape index (κ1) is 19.4. The number of pyridine rings is 1. The Morgan fingerprint density at radius 1 is 1.11 bits per heavy atom. The molecule has 2 fully saturated rings. The zero-order valence-corrected chi connectivity index (χ0v) is 17.0. The summed E-state index contributed by atoms with van der Waals surface area (Å²) in [4.78, 5) is 9.09. The van der Waals surface area contributed by atoms with Gasteiger partial charge in [-0.05, 0) is 61.7 Å². The van der Waals surface area contributed by atoms with E-state index in [0.717, 1.165) is 57.8 Å². The summed E-state index contributed by atoms with van der Waals surface area (Å²) in [5.74, 6) is 0.919. The van der Waals surface area contributed by atoms with E-state index in [0.29, 0.717) is 6.04 Å². The minimum atomic E-state index is 0.0770. The van der Waals surface area contributed by atoms with Crippen LogP contribution in [-0.4, -0.2) is 60.3 Å². The van der Waals surface area contributed by atoms with Gasteiger partial charge in [-0.1, -0.05) is 12.1 Å². The molecule has 0 saturated carbocycles. The van der Waals surface area contributed by atoms with Crippen molar-refractivity contribution in [2.24, 2.45) is 0 Å². The molecule has 0 amide bonds. The number of likely N-dealkylation sites (N-methyl/N-ethyl adjacent to an activating group) is 1. The quantitative estimate of drug-likeness (QED) is 0.767. The Labute approximate surface area is 168 Å². The summed E-state index contributed by atoms with van der Waals surface area (Å²) in [5.41, 5.74) is 2.74. The van der Waals surface area contributed by atoms with E-state index in [4.69, 9.17) is 9.47 Å². The zero-order chi connectivity index (χ0) is 19.4. The first-order valence-corrected chi connectivity index (χ1v) is 10.2. The SMILES string of the molecule is COc1ccc(CN2CCC3(CC2)C[C@H](N(C)Cc2ccncc2)CO3)cc1. The van der Waals surface area contributed by atoms with Crippen molar-refractivity contribution >= 4 is 0 Å². The standard InChI is InChI=1S/C23H31N3O2/c1-25(16-20-7-11-24-12-8-20)21-15-23(28-18-21)9-13-26(14-10-23)17-19-3-5-22(27-2)6-4-19/h3-8,11-12,21H,9-10,13-18H2,1-2H3/t21-/m0/s1. The van der Waals surface area contributed by atoms with Crippen molar-refractivity contribution in [3.05, 3.63) is 59.9 Å². The van der Waals surface area contributed by atoms with Gasteiger partial charge in [0, 0.05) is 44.6 Å². The maximum atomic E-state index is 6.38. The van der Waals surface area contributed by atoms with Crippen LogP contribution in [0, 0.1) is 0 Å². The third kappa shape index (κ3) is 4.54. The maximum absolute atomic E-state index is 6.38. The fraction of sp³-hybridized carbons (Fsp3) is 0.522. The lowest BCUT2D eigenvalue weighted by molar-refractivity contribution is -0.0452. The van der Waals surface area contributed by atoms with Crippen molar-refractivity contribution < 1.29 is 9.47 Å². The monoisotopic (exact) mass is 381 g/mol. The number of nitrogens with zero attached hydrogens (tertiary/aromatic N) is 3. The van der Waals surface area contributed by atoms with Gasteiger partial charge in [0.15, 0.2) is 0 Å². The van der Waals surface area contributed by atoms with Gasteiger partial charge >= 0.3 is 0 Å². The van der Waals surface area contributed by atoms with Gasteiger partial charge in [-0.2, -0.15) is 0 Å². The van der Waals surface area contributed by atoms with Crippen LogP contribution in [0.4, 0.5) is 0 Å². The van der Waals surface area contributed by atoms with Crippen molar-refractivity contribution in [2.45, 2.75) is 44.0 Å². The minimum absolute atomic E-state index is 0.0770. The van der Waals surface area contributed by atoms with E-state index in [9.17, 15) is 0 Å². The second-order valence-corrected chi connectivity index (χ2v) is 8.25. The second kappa shape index (κ2) is 8.60. The van der Waals surface area contributed by atoms with E-state index in [1.54, 1.807) is 7.11 Å². The van der Waals surface area contributed by atoms with Gasteiger partial charge in [-0.25, -0.2) is 0 Å². The van der Waals surface area contributed by atoms with Crippen LogP contribution in [0.1, 0.15) is 30.4 Å². The van der Waals surface area contributed by atoms with E-state index < -0.39 is 0 Å². The Balaban J connectivity index is 1.27. The van der Waals surface area contributed by atoms with E-state index in [1.807, 2.05) is 24.5 Å². The maximum Gasteiger partial charge on any atom is 0.118 e. The van der Waals surface area contributed by atoms with Crippen LogP contribution in [0.3, 0.4) is 0 Å². The van der Waals surface area contributed by atoms with Crippen molar-refractivity contribution in [2.75, 3.05) is 33.9 Å². The summed E-state index contributed by atoms with van der Waals surface area (Å²) in [6, 6.07) is 13.1.